The number of nitrogens with two attached hydrogens (primary N) is 1. The normalized spacial score (nSPS) is 10.5. The minimum absolute atomic E-state index is 0.505. The molecule has 1 heterocycles. The molecule has 2 rings (SSSR count). The van der Waals surface area contributed by atoms with Gasteiger partial charge in [0.25, 0.3) is 0 Å². The first-order chi connectivity index (χ1) is 8.06. The highest BCUT2D eigenvalue weighted by Gasteiger charge is 2.07. The van der Waals surface area contributed by atoms with Crippen molar-refractivity contribution < 1.29 is 4.42 Å². The number of furan rings is 1. The Hall–Kier alpha value is -1.38. The molecule has 1 aromatic carbocycles. The van der Waals surface area contributed by atoms with E-state index in [9.17, 15) is 0 Å². The van der Waals surface area contributed by atoms with Crippen molar-refractivity contribution >= 4 is 23.2 Å². The molecule has 0 aliphatic heterocycles. The second-order valence-electron chi connectivity index (χ2n) is 3.73. The van der Waals surface area contributed by atoms with E-state index in [4.69, 9.17) is 33.4 Å². The summed E-state index contributed by atoms with van der Waals surface area (Å²) in [5.74, 6) is 1.51. The molecule has 0 saturated heterocycles. The lowest BCUT2D eigenvalue weighted by atomic mass is 10.2. The van der Waals surface area contributed by atoms with Gasteiger partial charge in [-0.3, -0.25) is 0 Å². The van der Waals surface area contributed by atoms with Gasteiger partial charge in [-0.25, -0.2) is 0 Å². The van der Waals surface area contributed by atoms with Crippen LogP contribution in [0.15, 0.2) is 47.0 Å². The van der Waals surface area contributed by atoms with E-state index in [-0.39, 0.29) is 0 Å². The third-order valence-corrected chi connectivity index (χ3v) is 3.01. The lowest BCUT2D eigenvalue weighted by Gasteiger charge is -2.00. The SMILES string of the molecule is C=C(N)Cc1ccc(-c2ccc(Cl)c(Cl)c2)o1. The molecular weight excluding hydrogens is 257 g/mol. The Morgan fingerprint density at radius 2 is 1.94 bits per heavy atom. The summed E-state index contributed by atoms with van der Waals surface area (Å²) in [6, 6.07) is 9.11. The van der Waals surface area contributed by atoms with Crippen LogP contribution in [-0.2, 0) is 6.42 Å². The van der Waals surface area contributed by atoms with E-state index >= 15 is 0 Å². The molecule has 1 aromatic heterocycles. The highest BCUT2D eigenvalue weighted by molar-refractivity contribution is 6.42. The van der Waals surface area contributed by atoms with Gasteiger partial charge in [-0.2, -0.15) is 0 Å². The molecule has 0 bridgehead atoms. The molecule has 4 heteroatoms. The summed E-state index contributed by atoms with van der Waals surface area (Å²) < 4.78 is 5.63. The minimum atomic E-state index is 0.505. The summed E-state index contributed by atoms with van der Waals surface area (Å²) in [6.07, 6.45) is 0.529. The quantitative estimate of drug-likeness (QED) is 0.902. The first-order valence-electron chi connectivity index (χ1n) is 5.03. The minimum Gasteiger partial charge on any atom is -0.461 e. The molecule has 0 spiro atoms. The van der Waals surface area contributed by atoms with Crippen molar-refractivity contribution in [1.29, 1.82) is 0 Å². The van der Waals surface area contributed by atoms with Crippen LogP contribution in [0.5, 0.6) is 0 Å². The number of allylic oxidation sites excluding steroid dienone is 1. The smallest absolute Gasteiger partial charge is 0.134 e. The molecule has 2 aromatic rings. The predicted octanol–water partition coefficient (Wildman–Crippen LogP) is 4.27. The summed E-state index contributed by atoms with van der Waals surface area (Å²) in [5, 5.41) is 1.03. The molecule has 0 atom stereocenters. The molecule has 0 saturated carbocycles. The van der Waals surface area contributed by atoms with Gasteiger partial charge in [-0.1, -0.05) is 29.8 Å². The van der Waals surface area contributed by atoms with Gasteiger partial charge in [0.15, 0.2) is 0 Å². The van der Waals surface area contributed by atoms with Crippen LogP contribution in [0.1, 0.15) is 5.76 Å². The van der Waals surface area contributed by atoms with Crippen molar-refractivity contribution in [2.24, 2.45) is 5.73 Å². The molecule has 2 nitrogen and oxygen atoms in total. The Bertz CT molecular complexity index is 560. The summed E-state index contributed by atoms with van der Waals surface area (Å²) in [4.78, 5) is 0. The molecule has 88 valence electrons. The fraction of sp³-hybridized carbons (Fsp3) is 0.0769. The summed E-state index contributed by atoms with van der Waals surface area (Å²) in [6.45, 7) is 3.64. The molecule has 0 radical (unpaired) electrons. The van der Waals surface area contributed by atoms with E-state index < -0.39 is 0 Å². The summed E-state index contributed by atoms with van der Waals surface area (Å²) >= 11 is 11.8. The van der Waals surface area contributed by atoms with E-state index in [0.717, 1.165) is 17.1 Å². The van der Waals surface area contributed by atoms with Crippen LogP contribution in [0, 0.1) is 0 Å². The molecule has 17 heavy (non-hydrogen) atoms. The summed E-state index contributed by atoms with van der Waals surface area (Å²) in [5.41, 5.74) is 6.98. The Labute approximate surface area is 110 Å². The summed E-state index contributed by atoms with van der Waals surface area (Å²) in [7, 11) is 0. The molecule has 0 amide bonds. The predicted molar refractivity (Wildman–Crippen MR) is 71.2 cm³/mol. The number of rotatable bonds is 3. The second-order valence-corrected chi connectivity index (χ2v) is 4.54. The molecule has 0 aliphatic rings. The Morgan fingerprint density at radius 3 is 2.59 bits per heavy atom. The van der Waals surface area contributed by atoms with Gasteiger partial charge < -0.3 is 10.2 Å². The first-order valence-corrected chi connectivity index (χ1v) is 5.79. The Morgan fingerprint density at radius 1 is 1.18 bits per heavy atom. The van der Waals surface area contributed by atoms with Gasteiger partial charge >= 0.3 is 0 Å². The monoisotopic (exact) mass is 267 g/mol. The van der Waals surface area contributed by atoms with Gasteiger partial charge in [0.1, 0.15) is 11.5 Å². The van der Waals surface area contributed by atoms with Crippen molar-refractivity contribution in [3.8, 4) is 11.3 Å². The number of hydrogen-bond donors (Lipinski definition) is 1. The fourth-order valence-corrected chi connectivity index (χ4v) is 1.80. The zero-order valence-electron chi connectivity index (χ0n) is 9.04. The zero-order chi connectivity index (χ0) is 12.4. The van der Waals surface area contributed by atoms with Gasteiger partial charge in [0, 0.05) is 17.7 Å². The van der Waals surface area contributed by atoms with Crippen LogP contribution in [0.4, 0.5) is 0 Å². The van der Waals surface area contributed by atoms with E-state index in [0.29, 0.717) is 22.2 Å². The van der Waals surface area contributed by atoms with Gasteiger partial charge in [0.2, 0.25) is 0 Å². The van der Waals surface area contributed by atoms with Crippen LogP contribution in [-0.4, -0.2) is 0 Å². The van der Waals surface area contributed by atoms with Crippen molar-refractivity contribution in [2.45, 2.75) is 6.42 Å². The molecule has 0 fully saturated rings. The Balaban J connectivity index is 2.30. The average molecular weight is 268 g/mol. The van der Waals surface area contributed by atoms with Crippen LogP contribution in [0.2, 0.25) is 10.0 Å². The van der Waals surface area contributed by atoms with Gasteiger partial charge in [0.05, 0.1) is 10.0 Å². The number of hydrogen-bond acceptors (Lipinski definition) is 2. The third kappa shape index (κ3) is 2.84. The van der Waals surface area contributed by atoms with Crippen molar-refractivity contribution in [3.05, 3.63) is 58.4 Å². The van der Waals surface area contributed by atoms with Crippen LogP contribution < -0.4 is 5.73 Å². The van der Waals surface area contributed by atoms with E-state index in [2.05, 4.69) is 6.58 Å². The lowest BCUT2D eigenvalue weighted by Crippen LogP contribution is -1.97. The molecule has 0 unspecified atom stereocenters. The molecular formula is C13H11Cl2NO. The van der Waals surface area contributed by atoms with E-state index in [1.807, 2.05) is 18.2 Å². The van der Waals surface area contributed by atoms with E-state index in [1.165, 1.54) is 0 Å². The maximum Gasteiger partial charge on any atom is 0.134 e. The van der Waals surface area contributed by atoms with Crippen molar-refractivity contribution in [1.82, 2.24) is 0 Å². The van der Waals surface area contributed by atoms with E-state index in [1.54, 1.807) is 12.1 Å². The van der Waals surface area contributed by atoms with Gasteiger partial charge in [-0.15, -0.1) is 0 Å². The van der Waals surface area contributed by atoms with Crippen LogP contribution >= 0.6 is 23.2 Å². The van der Waals surface area contributed by atoms with Crippen molar-refractivity contribution in [2.75, 3.05) is 0 Å². The number of benzene rings is 1. The van der Waals surface area contributed by atoms with Crippen LogP contribution in [0.25, 0.3) is 11.3 Å². The average Bonchev–Trinajstić information content (AvgIpc) is 2.69. The highest BCUT2D eigenvalue weighted by atomic mass is 35.5. The standard InChI is InChI=1S/C13H11Cl2NO/c1-8(16)6-10-3-5-13(17-10)9-2-4-11(14)12(15)7-9/h2-5,7H,1,6,16H2. The molecule has 0 aliphatic carbocycles. The third-order valence-electron chi connectivity index (χ3n) is 2.27. The number of halogens is 2. The van der Waals surface area contributed by atoms with Crippen molar-refractivity contribution in [3.63, 3.8) is 0 Å². The molecule has 2 N–H and O–H groups in total. The maximum atomic E-state index is 5.95. The first kappa shape index (κ1) is 12.1. The topological polar surface area (TPSA) is 39.2 Å². The van der Waals surface area contributed by atoms with Gasteiger partial charge in [-0.05, 0) is 30.3 Å². The lowest BCUT2D eigenvalue weighted by molar-refractivity contribution is 0.532. The zero-order valence-corrected chi connectivity index (χ0v) is 10.6. The maximum absolute atomic E-state index is 5.95. The van der Waals surface area contributed by atoms with Crippen LogP contribution in [0.3, 0.4) is 0 Å². The fourth-order valence-electron chi connectivity index (χ4n) is 1.50. The second kappa shape index (κ2) is 4.86. The Kier molecular flexibility index (Phi) is 3.46. The highest BCUT2D eigenvalue weighted by Crippen LogP contribution is 2.29. The largest absolute Gasteiger partial charge is 0.461 e.